The molecule has 3 rings (SSSR count). The fourth-order valence-corrected chi connectivity index (χ4v) is 4.72. The van der Waals surface area contributed by atoms with Gasteiger partial charge in [-0.3, -0.25) is 4.79 Å². The zero-order valence-corrected chi connectivity index (χ0v) is 13.7. The molecule has 1 aliphatic carbocycles. The van der Waals surface area contributed by atoms with Crippen LogP contribution < -0.4 is 0 Å². The predicted octanol–water partition coefficient (Wildman–Crippen LogP) is 5.60. The average molecular weight is 349 g/mol. The Morgan fingerprint density at radius 3 is 2.35 bits per heavy atom. The number of ketones is 1. The smallest absolute Gasteiger partial charge is 0.175 e. The second-order valence-electron chi connectivity index (χ2n) is 5.47. The molecule has 0 radical (unpaired) electrons. The van der Waals surface area contributed by atoms with Gasteiger partial charge in [-0.1, -0.05) is 49.6 Å². The maximum atomic E-state index is 13.2. The summed E-state index contributed by atoms with van der Waals surface area (Å²) in [6.07, 6.45) is 5.47. The Kier molecular flexibility index (Phi) is 4.08. The molecule has 1 fully saturated rings. The topological polar surface area (TPSA) is 17.1 Å². The van der Waals surface area contributed by atoms with Gasteiger partial charge in [0.25, 0.3) is 0 Å². The molecule has 1 nitrogen and oxygen atoms in total. The molecule has 1 aliphatic rings. The summed E-state index contributed by atoms with van der Waals surface area (Å²) in [6, 6.07) is 10.3. The molecule has 0 atom stereocenters. The Morgan fingerprint density at radius 2 is 1.75 bits per heavy atom. The van der Waals surface area contributed by atoms with Crippen molar-refractivity contribution in [1.29, 1.82) is 0 Å². The van der Waals surface area contributed by atoms with Crippen LogP contribution in [-0.2, 0) is 5.41 Å². The molecule has 0 saturated heterocycles. The van der Waals surface area contributed by atoms with Crippen LogP contribution in [0.1, 0.15) is 48.0 Å². The molecule has 1 saturated carbocycles. The highest BCUT2D eigenvalue weighted by Crippen LogP contribution is 2.43. The lowest BCUT2D eigenvalue weighted by molar-refractivity contribution is 0.0839. The molecule has 20 heavy (non-hydrogen) atoms. The number of hydrogen-bond acceptors (Lipinski definition) is 2. The molecule has 0 bridgehead atoms. The number of rotatable bonds is 3. The van der Waals surface area contributed by atoms with Gasteiger partial charge < -0.3 is 0 Å². The van der Waals surface area contributed by atoms with Crippen LogP contribution in [-0.4, -0.2) is 5.78 Å². The second kappa shape index (κ2) is 5.82. The molecule has 1 heterocycles. The first-order chi connectivity index (χ1) is 9.74. The maximum absolute atomic E-state index is 13.2. The van der Waals surface area contributed by atoms with E-state index in [0.29, 0.717) is 0 Å². The fourth-order valence-electron chi connectivity index (χ4n) is 3.26. The lowest BCUT2D eigenvalue weighted by atomic mass is 9.65. The molecule has 0 unspecified atom stereocenters. The van der Waals surface area contributed by atoms with E-state index in [-0.39, 0.29) is 11.2 Å². The summed E-state index contributed by atoms with van der Waals surface area (Å²) >= 11 is 5.10. The summed E-state index contributed by atoms with van der Waals surface area (Å²) in [5.74, 6) is 0.288. The van der Waals surface area contributed by atoms with E-state index < -0.39 is 0 Å². The lowest BCUT2D eigenvalue weighted by Crippen LogP contribution is -2.38. The normalized spacial score (nSPS) is 17.9. The third-order valence-electron chi connectivity index (χ3n) is 4.33. The van der Waals surface area contributed by atoms with Crippen molar-refractivity contribution in [3.63, 3.8) is 0 Å². The first kappa shape index (κ1) is 14.0. The third kappa shape index (κ3) is 2.38. The van der Waals surface area contributed by atoms with Gasteiger partial charge in [-0.15, -0.1) is 0 Å². The van der Waals surface area contributed by atoms with Crippen LogP contribution in [0.25, 0.3) is 0 Å². The quantitative estimate of drug-likeness (QED) is 0.660. The summed E-state index contributed by atoms with van der Waals surface area (Å²) in [5, 5.41) is 3.97. The van der Waals surface area contributed by atoms with Gasteiger partial charge in [0.15, 0.2) is 5.78 Å². The van der Waals surface area contributed by atoms with Crippen LogP contribution in [0.5, 0.6) is 0 Å². The highest BCUT2D eigenvalue weighted by atomic mass is 79.9. The Labute approximate surface area is 132 Å². The summed E-state index contributed by atoms with van der Waals surface area (Å²) in [6.45, 7) is 0. The lowest BCUT2D eigenvalue weighted by Gasteiger charge is -2.36. The largest absolute Gasteiger partial charge is 0.293 e. The number of Topliss-reactive ketones (excluding diaryl/α,β-unsaturated/α-hetero) is 1. The van der Waals surface area contributed by atoms with E-state index in [1.807, 2.05) is 29.0 Å². The third-order valence-corrected chi connectivity index (χ3v) is 6.03. The highest BCUT2D eigenvalue weighted by molar-refractivity contribution is 9.10. The van der Waals surface area contributed by atoms with Crippen molar-refractivity contribution in [2.45, 2.75) is 37.5 Å². The molecule has 2 aromatic rings. The molecule has 1 aromatic heterocycles. The summed E-state index contributed by atoms with van der Waals surface area (Å²) in [4.78, 5) is 13.2. The Balaban J connectivity index is 2.07. The molecule has 0 aliphatic heterocycles. The minimum absolute atomic E-state index is 0.288. The molecule has 0 amide bonds. The van der Waals surface area contributed by atoms with Crippen molar-refractivity contribution in [2.24, 2.45) is 0 Å². The number of carbonyl (C=O) groups excluding carboxylic acids is 1. The Morgan fingerprint density at radius 1 is 1.05 bits per heavy atom. The predicted molar refractivity (Wildman–Crippen MR) is 87.6 cm³/mol. The number of halogens is 1. The summed E-state index contributed by atoms with van der Waals surface area (Å²) < 4.78 is 0.938. The monoisotopic (exact) mass is 348 g/mol. The standard InChI is InChI=1S/C17H17BrOS/c18-15-12-20-11-14(15)16(19)17(9-5-2-6-10-17)13-7-3-1-4-8-13/h1,3-4,7-8,11-12H,2,5-6,9-10H2. The fraction of sp³-hybridized carbons (Fsp3) is 0.353. The van der Waals surface area contributed by atoms with Crippen molar-refractivity contribution in [3.8, 4) is 0 Å². The van der Waals surface area contributed by atoms with Gasteiger partial charge in [0.1, 0.15) is 0 Å². The number of carbonyl (C=O) groups is 1. The van der Waals surface area contributed by atoms with E-state index >= 15 is 0 Å². The van der Waals surface area contributed by atoms with E-state index in [4.69, 9.17) is 0 Å². The average Bonchev–Trinajstić information content (AvgIpc) is 2.94. The van der Waals surface area contributed by atoms with Crippen molar-refractivity contribution < 1.29 is 4.79 Å². The Bertz CT molecular complexity index is 596. The first-order valence-electron chi connectivity index (χ1n) is 7.06. The number of benzene rings is 1. The zero-order valence-electron chi connectivity index (χ0n) is 11.3. The number of hydrogen-bond donors (Lipinski definition) is 0. The number of thiophene rings is 1. The maximum Gasteiger partial charge on any atom is 0.175 e. The van der Waals surface area contributed by atoms with Gasteiger partial charge >= 0.3 is 0 Å². The summed E-state index contributed by atoms with van der Waals surface area (Å²) in [7, 11) is 0. The SMILES string of the molecule is O=C(c1cscc1Br)C1(c2ccccc2)CCCCC1. The second-order valence-corrected chi connectivity index (χ2v) is 7.07. The van der Waals surface area contributed by atoms with Gasteiger partial charge in [-0.2, -0.15) is 11.3 Å². The van der Waals surface area contributed by atoms with Crippen LogP contribution in [0.2, 0.25) is 0 Å². The Hall–Kier alpha value is -0.930. The van der Waals surface area contributed by atoms with Gasteiger partial charge in [0, 0.05) is 20.8 Å². The van der Waals surface area contributed by atoms with Crippen LogP contribution in [0.3, 0.4) is 0 Å². The van der Waals surface area contributed by atoms with Crippen LogP contribution >= 0.6 is 27.3 Å². The van der Waals surface area contributed by atoms with Crippen molar-refractivity contribution >= 4 is 33.0 Å². The van der Waals surface area contributed by atoms with E-state index in [2.05, 4.69) is 28.1 Å². The van der Waals surface area contributed by atoms with Gasteiger partial charge in [-0.25, -0.2) is 0 Å². The van der Waals surface area contributed by atoms with E-state index in [9.17, 15) is 4.79 Å². The molecule has 1 aromatic carbocycles. The van der Waals surface area contributed by atoms with E-state index in [1.54, 1.807) is 11.3 Å². The van der Waals surface area contributed by atoms with Crippen LogP contribution in [0, 0.1) is 0 Å². The molecule has 3 heteroatoms. The van der Waals surface area contributed by atoms with Crippen molar-refractivity contribution in [1.82, 2.24) is 0 Å². The molecular formula is C17H17BrOS. The first-order valence-corrected chi connectivity index (χ1v) is 8.80. The molecule has 104 valence electrons. The van der Waals surface area contributed by atoms with Gasteiger partial charge in [-0.05, 0) is 34.3 Å². The summed E-state index contributed by atoms with van der Waals surface area (Å²) in [5.41, 5.74) is 1.71. The van der Waals surface area contributed by atoms with E-state index in [0.717, 1.165) is 35.7 Å². The van der Waals surface area contributed by atoms with Gasteiger partial charge in [0.05, 0.1) is 5.41 Å². The van der Waals surface area contributed by atoms with Crippen LogP contribution in [0.4, 0.5) is 0 Å². The minimum Gasteiger partial charge on any atom is -0.293 e. The highest BCUT2D eigenvalue weighted by Gasteiger charge is 2.41. The van der Waals surface area contributed by atoms with Crippen molar-refractivity contribution in [2.75, 3.05) is 0 Å². The van der Waals surface area contributed by atoms with E-state index in [1.165, 1.54) is 12.0 Å². The molecular weight excluding hydrogens is 332 g/mol. The zero-order chi connectivity index (χ0) is 14.0. The van der Waals surface area contributed by atoms with Crippen LogP contribution in [0.15, 0.2) is 45.6 Å². The molecule has 0 spiro atoms. The molecule has 0 N–H and O–H groups in total. The van der Waals surface area contributed by atoms with Crippen molar-refractivity contribution in [3.05, 3.63) is 56.7 Å². The minimum atomic E-state index is -0.316. The van der Waals surface area contributed by atoms with Gasteiger partial charge in [0.2, 0.25) is 0 Å².